The molecule has 0 bridgehead atoms. The highest BCUT2D eigenvalue weighted by molar-refractivity contribution is 6.09. The van der Waals surface area contributed by atoms with Gasteiger partial charge >= 0.3 is 6.61 Å². The smallest absolute Gasteiger partial charge is 0.387 e. The number of guanidine groups is 1. The summed E-state index contributed by atoms with van der Waals surface area (Å²) in [5.41, 5.74) is 6.27. The number of amides is 1. The minimum absolute atomic E-state index is 0.0152. The molecule has 8 heteroatoms. The minimum atomic E-state index is -2.96. The van der Waals surface area contributed by atoms with E-state index < -0.39 is 18.1 Å². The predicted molar refractivity (Wildman–Crippen MR) is 108 cm³/mol. The number of ether oxygens (including phenoxy) is 1. The average molecular weight is 419 g/mol. The molecule has 160 valence electrons. The van der Waals surface area contributed by atoms with Crippen molar-refractivity contribution in [3.8, 4) is 5.75 Å². The van der Waals surface area contributed by atoms with Gasteiger partial charge in [0.25, 0.3) is 5.91 Å². The molecule has 0 saturated carbocycles. The second-order valence-corrected chi connectivity index (χ2v) is 7.49. The molecular weight excluding hydrogens is 395 g/mol. The number of rotatable bonds is 6. The number of hydrogen-bond donors (Lipinski definition) is 1. The van der Waals surface area contributed by atoms with E-state index in [1.165, 1.54) is 36.2 Å². The van der Waals surface area contributed by atoms with Crippen LogP contribution in [0.4, 0.5) is 13.2 Å². The van der Waals surface area contributed by atoms with Gasteiger partial charge in [-0.1, -0.05) is 32.9 Å². The number of aliphatic imine (C=N–C) groups is 1. The van der Waals surface area contributed by atoms with Crippen LogP contribution in [0.3, 0.4) is 0 Å². The molecule has 0 aliphatic carbocycles. The Labute approximate surface area is 173 Å². The molecule has 5 nitrogen and oxygen atoms in total. The van der Waals surface area contributed by atoms with Gasteiger partial charge in [0, 0.05) is 7.05 Å². The lowest BCUT2D eigenvalue weighted by atomic mass is 9.80. The lowest BCUT2D eigenvalue weighted by Gasteiger charge is -2.28. The Hall–Kier alpha value is -3.03. The van der Waals surface area contributed by atoms with E-state index >= 15 is 0 Å². The van der Waals surface area contributed by atoms with Crippen molar-refractivity contribution < 1.29 is 22.7 Å². The van der Waals surface area contributed by atoms with Crippen molar-refractivity contribution in [2.75, 3.05) is 7.05 Å². The minimum Gasteiger partial charge on any atom is -0.435 e. The fourth-order valence-electron chi connectivity index (χ4n) is 3.69. The topological polar surface area (TPSA) is 67.9 Å². The standard InChI is InChI=1S/C22H24F3N3O2/c1-5-13-10-14(7-9-18(13)30-20(24)25)22(19(29)28(4)21(26)27-22)15-6-8-17(23)16(11-15)12(2)3/h6-12,20H,5H2,1-4H3,(H2,26,27)/t22-/m1/s1. The maximum absolute atomic E-state index is 14.3. The Morgan fingerprint density at radius 3 is 2.33 bits per heavy atom. The van der Waals surface area contributed by atoms with Crippen molar-refractivity contribution >= 4 is 11.9 Å². The lowest BCUT2D eigenvalue weighted by Crippen LogP contribution is -2.41. The van der Waals surface area contributed by atoms with Crippen LogP contribution in [-0.4, -0.2) is 30.4 Å². The fraction of sp³-hybridized carbons (Fsp3) is 0.364. The van der Waals surface area contributed by atoms with Gasteiger partial charge in [0.1, 0.15) is 11.6 Å². The van der Waals surface area contributed by atoms with Crippen LogP contribution in [0.2, 0.25) is 0 Å². The second-order valence-electron chi connectivity index (χ2n) is 7.49. The SMILES string of the molecule is CCc1cc([C@]2(c3ccc(F)c(C(C)C)c3)N=C(N)N(C)C2=O)ccc1OC(F)F. The van der Waals surface area contributed by atoms with Crippen molar-refractivity contribution in [3.05, 3.63) is 64.5 Å². The molecule has 1 heterocycles. The molecule has 1 amide bonds. The molecule has 2 aromatic carbocycles. The Balaban J connectivity index is 2.26. The molecule has 1 aliphatic heterocycles. The van der Waals surface area contributed by atoms with Gasteiger partial charge in [-0.2, -0.15) is 8.78 Å². The summed E-state index contributed by atoms with van der Waals surface area (Å²) in [7, 11) is 1.50. The van der Waals surface area contributed by atoms with E-state index in [-0.39, 0.29) is 23.4 Å². The van der Waals surface area contributed by atoms with Crippen LogP contribution in [0, 0.1) is 5.82 Å². The second kappa shape index (κ2) is 8.01. The normalized spacial score (nSPS) is 19.0. The number of hydrogen-bond acceptors (Lipinski definition) is 4. The van der Waals surface area contributed by atoms with Crippen molar-refractivity contribution in [1.82, 2.24) is 4.90 Å². The Morgan fingerprint density at radius 1 is 1.17 bits per heavy atom. The summed E-state index contributed by atoms with van der Waals surface area (Å²) in [6, 6.07) is 8.95. The Bertz CT molecular complexity index is 1010. The van der Waals surface area contributed by atoms with Crippen molar-refractivity contribution in [2.45, 2.75) is 45.3 Å². The summed E-state index contributed by atoms with van der Waals surface area (Å²) >= 11 is 0. The summed E-state index contributed by atoms with van der Waals surface area (Å²) in [5.74, 6) is -0.864. The average Bonchev–Trinajstić information content (AvgIpc) is 2.93. The summed E-state index contributed by atoms with van der Waals surface area (Å²) in [6.45, 7) is 2.52. The largest absolute Gasteiger partial charge is 0.435 e. The molecule has 3 rings (SSSR count). The molecule has 1 aliphatic rings. The van der Waals surface area contributed by atoms with Gasteiger partial charge in [-0.15, -0.1) is 0 Å². The van der Waals surface area contributed by atoms with Crippen LogP contribution in [0.1, 0.15) is 48.9 Å². The first-order chi connectivity index (χ1) is 14.1. The number of nitrogens with two attached hydrogens (primary N) is 1. The van der Waals surface area contributed by atoms with Crippen molar-refractivity contribution in [1.29, 1.82) is 0 Å². The van der Waals surface area contributed by atoms with Gasteiger partial charge in [-0.3, -0.25) is 9.69 Å². The molecule has 0 radical (unpaired) electrons. The van der Waals surface area contributed by atoms with Crippen LogP contribution in [-0.2, 0) is 16.8 Å². The zero-order valence-corrected chi connectivity index (χ0v) is 17.2. The number of aryl methyl sites for hydroxylation is 1. The van der Waals surface area contributed by atoms with E-state index in [0.717, 1.165) is 0 Å². The van der Waals surface area contributed by atoms with Crippen LogP contribution >= 0.6 is 0 Å². The number of alkyl halides is 2. The third kappa shape index (κ3) is 3.51. The highest BCUT2D eigenvalue weighted by Gasteiger charge is 2.50. The third-order valence-corrected chi connectivity index (χ3v) is 5.35. The van der Waals surface area contributed by atoms with E-state index in [1.54, 1.807) is 19.1 Å². The molecule has 30 heavy (non-hydrogen) atoms. The van der Waals surface area contributed by atoms with Gasteiger partial charge < -0.3 is 10.5 Å². The van der Waals surface area contributed by atoms with Crippen LogP contribution in [0.15, 0.2) is 41.4 Å². The van der Waals surface area contributed by atoms with Crippen LogP contribution in [0.5, 0.6) is 5.75 Å². The number of carbonyl (C=O) groups is 1. The summed E-state index contributed by atoms with van der Waals surface area (Å²) in [5, 5.41) is 0. The van der Waals surface area contributed by atoms with E-state index in [0.29, 0.717) is 28.7 Å². The van der Waals surface area contributed by atoms with E-state index in [2.05, 4.69) is 9.73 Å². The number of benzene rings is 2. The monoisotopic (exact) mass is 419 g/mol. The first-order valence-electron chi connectivity index (χ1n) is 9.63. The van der Waals surface area contributed by atoms with E-state index in [4.69, 9.17) is 5.73 Å². The van der Waals surface area contributed by atoms with Crippen LogP contribution < -0.4 is 10.5 Å². The van der Waals surface area contributed by atoms with Gasteiger partial charge in [0.05, 0.1) is 0 Å². The van der Waals surface area contributed by atoms with Gasteiger partial charge in [0.15, 0.2) is 11.5 Å². The molecule has 1 atom stereocenters. The van der Waals surface area contributed by atoms with Crippen molar-refractivity contribution in [3.63, 3.8) is 0 Å². The van der Waals surface area contributed by atoms with E-state index in [9.17, 15) is 18.0 Å². The number of likely N-dealkylation sites (N-methyl/N-ethyl adjacent to an activating group) is 1. The molecule has 0 spiro atoms. The molecule has 0 saturated heterocycles. The first-order valence-corrected chi connectivity index (χ1v) is 9.63. The summed E-state index contributed by atoms with van der Waals surface area (Å²) in [4.78, 5) is 19.1. The van der Waals surface area contributed by atoms with Gasteiger partial charge in [-0.05, 0) is 58.9 Å². The van der Waals surface area contributed by atoms with Gasteiger partial charge in [0.2, 0.25) is 0 Å². The summed E-state index contributed by atoms with van der Waals surface area (Å²) < 4.78 is 44.4. The molecular formula is C22H24F3N3O2. The maximum Gasteiger partial charge on any atom is 0.387 e. The van der Waals surface area contributed by atoms with Crippen LogP contribution in [0.25, 0.3) is 0 Å². The third-order valence-electron chi connectivity index (χ3n) is 5.35. The molecule has 0 aromatic heterocycles. The van der Waals surface area contributed by atoms with E-state index in [1.807, 2.05) is 13.8 Å². The molecule has 2 N–H and O–H groups in total. The van der Waals surface area contributed by atoms with Crippen molar-refractivity contribution in [2.24, 2.45) is 10.7 Å². The molecule has 0 fully saturated rings. The zero-order valence-electron chi connectivity index (χ0n) is 17.2. The zero-order chi connectivity index (χ0) is 22.2. The Kier molecular flexibility index (Phi) is 5.78. The number of carbonyl (C=O) groups excluding carboxylic acids is 1. The highest BCUT2D eigenvalue weighted by atomic mass is 19.3. The lowest BCUT2D eigenvalue weighted by molar-refractivity contribution is -0.129. The predicted octanol–water partition coefficient (Wildman–Crippen LogP) is 4.14. The first kappa shape index (κ1) is 21.7. The Morgan fingerprint density at radius 2 is 1.80 bits per heavy atom. The quantitative estimate of drug-likeness (QED) is 0.765. The molecule has 2 aromatic rings. The molecule has 0 unspecified atom stereocenters. The number of halogens is 3. The maximum atomic E-state index is 14.3. The summed E-state index contributed by atoms with van der Waals surface area (Å²) in [6.07, 6.45) is 0.399. The fourth-order valence-corrected chi connectivity index (χ4v) is 3.69. The number of nitrogens with zero attached hydrogens (tertiary/aromatic N) is 2. The van der Waals surface area contributed by atoms with Gasteiger partial charge in [-0.25, -0.2) is 9.38 Å². The highest BCUT2D eigenvalue weighted by Crippen LogP contribution is 2.42.